The standard InChI is InChI=1S/C20H21N3O2S/c1-15(2)17-3-5-19(6-4-17)26(24,25)23-14-16-7-12-22-20(13-16)18-8-10-21-11-9-18/h3-13,15,23H,14H2,1-2H3. The molecule has 0 aliphatic heterocycles. The molecule has 26 heavy (non-hydrogen) atoms. The molecule has 2 aromatic heterocycles. The van der Waals surface area contributed by atoms with Gasteiger partial charge in [-0.05, 0) is 53.4 Å². The van der Waals surface area contributed by atoms with E-state index in [9.17, 15) is 8.42 Å². The van der Waals surface area contributed by atoms with E-state index in [4.69, 9.17) is 0 Å². The number of pyridine rings is 2. The first kappa shape index (κ1) is 18.2. The molecule has 3 rings (SSSR count). The molecule has 0 atom stereocenters. The van der Waals surface area contributed by atoms with Crippen molar-refractivity contribution in [2.45, 2.75) is 31.2 Å². The Morgan fingerprint density at radius 1 is 0.962 bits per heavy atom. The average Bonchev–Trinajstić information content (AvgIpc) is 2.67. The van der Waals surface area contributed by atoms with E-state index < -0.39 is 10.0 Å². The summed E-state index contributed by atoms with van der Waals surface area (Å²) < 4.78 is 27.7. The molecule has 5 nitrogen and oxygen atoms in total. The first-order chi connectivity index (χ1) is 12.5. The molecule has 2 heterocycles. The van der Waals surface area contributed by atoms with Crippen LogP contribution in [0.15, 0.2) is 72.0 Å². The zero-order chi connectivity index (χ0) is 18.6. The maximum absolute atomic E-state index is 12.5. The predicted octanol–water partition coefficient (Wildman–Crippen LogP) is 3.75. The second kappa shape index (κ2) is 7.76. The topological polar surface area (TPSA) is 72.0 Å². The summed E-state index contributed by atoms with van der Waals surface area (Å²) in [7, 11) is -3.56. The molecule has 6 heteroatoms. The van der Waals surface area contributed by atoms with Gasteiger partial charge in [-0.3, -0.25) is 9.97 Å². The summed E-state index contributed by atoms with van der Waals surface area (Å²) in [5.41, 5.74) is 3.67. The van der Waals surface area contributed by atoms with Gasteiger partial charge >= 0.3 is 0 Å². The lowest BCUT2D eigenvalue weighted by Gasteiger charge is -2.10. The van der Waals surface area contributed by atoms with Crippen molar-refractivity contribution in [2.24, 2.45) is 0 Å². The van der Waals surface area contributed by atoms with Crippen LogP contribution in [0.3, 0.4) is 0 Å². The van der Waals surface area contributed by atoms with Crippen molar-refractivity contribution in [1.82, 2.24) is 14.7 Å². The van der Waals surface area contributed by atoms with Crippen molar-refractivity contribution >= 4 is 10.0 Å². The summed E-state index contributed by atoms with van der Waals surface area (Å²) in [6.45, 7) is 4.35. The fourth-order valence-corrected chi connectivity index (χ4v) is 3.58. The van der Waals surface area contributed by atoms with E-state index in [0.717, 1.165) is 22.4 Å². The summed E-state index contributed by atoms with van der Waals surface area (Å²) in [6, 6.07) is 14.4. The van der Waals surface area contributed by atoms with Crippen molar-refractivity contribution in [3.63, 3.8) is 0 Å². The number of hydrogen-bond donors (Lipinski definition) is 1. The van der Waals surface area contributed by atoms with E-state index in [-0.39, 0.29) is 11.4 Å². The molecule has 1 N–H and O–H groups in total. The Morgan fingerprint density at radius 2 is 1.65 bits per heavy atom. The summed E-state index contributed by atoms with van der Waals surface area (Å²) in [6.07, 6.45) is 5.08. The zero-order valence-corrected chi connectivity index (χ0v) is 15.6. The summed E-state index contributed by atoms with van der Waals surface area (Å²) in [5, 5.41) is 0. The van der Waals surface area contributed by atoms with Crippen LogP contribution in [0.5, 0.6) is 0 Å². The molecule has 134 valence electrons. The van der Waals surface area contributed by atoms with Crippen molar-refractivity contribution in [3.8, 4) is 11.3 Å². The highest BCUT2D eigenvalue weighted by molar-refractivity contribution is 7.89. The number of aromatic nitrogens is 2. The highest BCUT2D eigenvalue weighted by atomic mass is 32.2. The lowest BCUT2D eigenvalue weighted by Crippen LogP contribution is -2.23. The van der Waals surface area contributed by atoms with E-state index in [1.165, 1.54) is 0 Å². The van der Waals surface area contributed by atoms with Gasteiger partial charge in [-0.15, -0.1) is 0 Å². The van der Waals surface area contributed by atoms with Crippen molar-refractivity contribution in [2.75, 3.05) is 0 Å². The summed E-state index contributed by atoms with van der Waals surface area (Å²) >= 11 is 0. The van der Waals surface area contributed by atoms with Crippen LogP contribution in [0, 0.1) is 0 Å². The third kappa shape index (κ3) is 4.33. The lowest BCUT2D eigenvalue weighted by molar-refractivity contribution is 0.581. The molecule has 0 spiro atoms. The minimum atomic E-state index is -3.56. The van der Waals surface area contributed by atoms with Crippen LogP contribution in [0.4, 0.5) is 0 Å². The van der Waals surface area contributed by atoms with E-state index >= 15 is 0 Å². The van der Waals surface area contributed by atoms with Crippen molar-refractivity contribution < 1.29 is 8.42 Å². The minimum absolute atomic E-state index is 0.203. The molecule has 0 radical (unpaired) electrons. The normalized spacial score (nSPS) is 11.7. The average molecular weight is 367 g/mol. The molecular formula is C20H21N3O2S. The predicted molar refractivity (Wildman–Crippen MR) is 102 cm³/mol. The molecule has 3 aromatic rings. The van der Waals surface area contributed by atoms with E-state index in [1.807, 2.05) is 30.3 Å². The van der Waals surface area contributed by atoms with Gasteiger partial charge in [0.15, 0.2) is 0 Å². The highest BCUT2D eigenvalue weighted by Gasteiger charge is 2.14. The number of benzene rings is 1. The Labute approximate surface area is 154 Å². The Bertz CT molecular complexity index is 969. The maximum Gasteiger partial charge on any atom is 0.240 e. The Hall–Kier alpha value is -2.57. The number of hydrogen-bond acceptors (Lipinski definition) is 4. The molecule has 0 fully saturated rings. The molecule has 0 saturated heterocycles. The van der Waals surface area contributed by atoms with Gasteiger partial charge < -0.3 is 0 Å². The molecule has 0 bridgehead atoms. The van der Waals surface area contributed by atoms with E-state index in [2.05, 4.69) is 28.5 Å². The summed E-state index contributed by atoms with van der Waals surface area (Å²) in [4.78, 5) is 8.60. The Morgan fingerprint density at radius 3 is 2.31 bits per heavy atom. The van der Waals surface area contributed by atoms with Gasteiger partial charge in [0.2, 0.25) is 10.0 Å². The van der Waals surface area contributed by atoms with E-state index in [0.29, 0.717) is 5.92 Å². The lowest BCUT2D eigenvalue weighted by atomic mass is 10.0. The van der Waals surface area contributed by atoms with Crippen molar-refractivity contribution in [3.05, 3.63) is 78.2 Å². The van der Waals surface area contributed by atoms with Gasteiger partial charge in [0.25, 0.3) is 0 Å². The van der Waals surface area contributed by atoms with E-state index in [1.54, 1.807) is 36.8 Å². The van der Waals surface area contributed by atoms with Crippen LogP contribution in [-0.4, -0.2) is 18.4 Å². The second-order valence-corrected chi connectivity index (χ2v) is 8.10. The quantitative estimate of drug-likeness (QED) is 0.720. The number of sulfonamides is 1. The monoisotopic (exact) mass is 367 g/mol. The largest absolute Gasteiger partial charge is 0.265 e. The van der Waals surface area contributed by atoms with Crippen LogP contribution in [0.2, 0.25) is 0 Å². The first-order valence-corrected chi connectivity index (χ1v) is 9.89. The number of nitrogens with zero attached hydrogens (tertiary/aromatic N) is 2. The van der Waals surface area contributed by atoms with Crippen LogP contribution in [-0.2, 0) is 16.6 Å². The van der Waals surface area contributed by atoms with Gasteiger partial charge in [-0.1, -0.05) is 26.0 Å². The Balaban J connectivity index is 1.74. The number of nitrogens with one attached hydrogen (secondary N) is 1. The van der Waals surface area contributed by atoms with Crippen LogP contribution in [0.1, 0.15) is 30.9 Å². The van der Waals surface area contributed by atoms with Gasteiger partial charge in [0.05, 0.1) is 10.6 Å². The summed E-state index contributed by atoms with van der Waals surface area (Å²) in [5.74, 6) is 0.364. The number of rotatable bonds is 6. The highest BCUT2D eigenvalue weighted by Crippen LogP contribution is 2.19. The minimum Gasteiger partial charge on any atom is -0.265 e. The maximum atomic E-state index is 12.5. The molecule has 1 aromatic carbocycles. The molecule has 0 unspecified atom stereocenters. The fraction of sp³-hybridized carbons (Fsp3) is 0.200. The van der Waals surface area contributed by atoms with Gasteiger partial charge in [0, 0.05) is 30.7 Å². The fourth-order valence-electron chi connectivity index (χ4n) is 2.56. The van der Waals surface area contributed by atoms with Gasteiger partial charge in [0.1, 0.15) is 0 Å². The van der Waals surface area contributed by atoms with Crippen LogP contribution < -0.4 is 4.72 Å². The smallest absolute Gasteiger partial charge is 0.240 e. The molecule has 0 aliphatic carbocycles. The second-order valence-electron chi connectivity index (χ2n) is 6.33. The third-order valence-corrected chi connectivity index (χ3v) is 5.54. The molecule has 0 aliphatic rings. The van der Waals surface area contributed by atoms with Crippen molar-refractivity contribution in [1.29, 1.82) is 0 Å². The van der Waals surface area contributed by atoms with Gasteiger partial charge in [-0.2, -0.15) is 0 Å². The SMILES string of the molecule is CC(C)c1ccc(S(=O)(=O)NCc2ccnc(-c3ccncc3)c2)cc1. The van der Waals surface area contributed by atoms with Crippen LogP contribution in [0.25, 0.3) is 11.3 Å². The third-order valence-electron chi connectivity index (χ3n) is 4.12. The Kier molecular flexibility index (Phi) is 5.44. The molecule has 0 saturated carbocycles. The van der Waals surface area contributed by atoms with Crippen LogP contribution >= 0.6 is 0 Å². The molecule has 0 amide bonds. The van der Waals surface area contributed by atoms with Gasteiger partial charge in [-0.25, -0.2) is 13.1 Å². The first-order valence-electron chi connectivity index (χ1n) is 8.41. The zero-order valence-electron chi connectivity index (χ0n) is 14.8. The molecular weight excluding hydrogens is 346 g/mol.